The molecule has 1 aromatic heterocycles. The van der Waals surface area contributed by atoms with Crippen LogP contribution < -0.4 is 5.32 Å². The Kier molecular flexibility index (Phi) is 4.05. The summed E-state index contributed by atoms with van der Waals surface area (Å²) in [5, 5.41) is 7.20. The van der Waals surface area contributed by atoms with E-state index in [1.807, 2.05) is 32.9 Å². The first-order valence-electron chi connectivity index (χ1n) is 6.37. The van der Waals surface area contributed by atoms with Gasteiger partial charge in [-0.3, -0.25) is 4.79 Å². The van der Waals surface area contributed by atoms with Crippen molar-refractivity contribution < 1.29 is 4.79 Å². The fourth-order valence-corrected chi connectivity index (χ4v) is 2.47. The Hall–Kier alpha value is -1.61. The van der Waals surface area contributed by atoms with Crippen molar-refractivity contribution in [3.05, 3.63) is 46.7 Å². The molecule has 0 spiro atoms. The van der Waals surface area contributed by atoms with Crippen molar-refractivity contribution in [1.29, 1.82) is 0 Å². The number of carbonyl (C=O) groups excluding carboxylic acids is 1. The molecule has 0 saturated carbocycles. The van der Waals surface area contributed by atoms with Crippen molar-refractivity contribution in [3.63, 3.8) is 0 Å². The number of amides is 1. The van der Waals surface area contributed by atoms with Crippen molar-refractivity contribution in [2.45, 2.75) is 27.3 Å². The van der Waals surface area contributed by atoms with Crippen LogP contribution in [0, 0.1) is 5.41 Å². The van der Waals surface area contributed by atoms with Crippen LogP contribution in [-0.4, -0.2) is 5.91 Å². The van der Waals surface area contributed by atoms with Crippen LogP contribution in [0.1, 0.15) is 26.3 Å². The summed E-state index contributed by atoms with van der Waals surface area (Å²) in [6, 6.07) is 10.3. The number of benzene rings is 1. The van der Waals surface area contributed by atoms with Crippen LogP contribution in [0.15, 0.2) is 41.1 Å². The number of thiophene rings is 1. The van der Waals surface area contributed by atoms with Gasteiger partial charge in [0.25, 0.3) is 0 Å². The molecule has 100 valence electrons. The van der Waals surface area contributed by atoms with Crippen LogP contribution in [0.5, 0.6) is 0 Å². The molecule has 0 aliphatic rings. The normalized spacial score (nSPS) is 11.3. The molecule has 0 fully saturated rings. The smallest absolute Gasteiger partial charge is 0.225 e. The van der Waals surface area contributed by atoms with E-state index < -0.39 is 0 Å². The lowest BCUT2D eigenvalue weighted by atomic mass is 9.95. The summed E-state index contributed by atoms with van der Waals surface area (Å²) in [6.07, 6.45) is 0. The van der Waals surface area contributed by atoms with Gasteiger partial charge in [0.1, 0.15) is 0 Å². The molecule has 0 radical (unpaired) electrons. The highest BCUT2D eigenvalue weighted by Crippen LogP contribution is 2.26. The van der Waals surface area contributed by atoms with E-state index in [-0.39, 0.29) is 11.3 Å². The molecule has 2 rings (SSSR count). The minimum absolute atomic E-state index is 0.0765. The number of rotatable bonds is 3. The van der Waals surface area contributed by atoms with Gasteiger partial charge in [-0.05, 0) is 33.5 Å². The molecule has 0 saturated heterocycles. The standard InChI is InChI=1S/C16H19NOS/c1-16(2,3)15(18)17-10-12-6-4-5-7-14(12)13-8-9-19-11-13/h4-9,11H,10H2,1-3H3,(H,17,18). The van der Waals surface area contributed by atoms with Crippen LogP contribution in [0.4, 0.5) is 0 Å². The minimum atomic E-state index is -0.350. The lowest BCUT2D eigenvalue weighted by Gasteiger charge is -2.18. The van der Waals surface area contributed by atoms with E-state index in [1.165, 1.54) is 11.1 Å². The summed E-state index contributed by atoms with van der Waals surface area (Å²) in [5.74, 6) is 0.0765. The summed E-state index contributed by atoms with van der Waals surface area (Å²) in [6.45, 7) is 6.34. The third kappa shape index (κ3) is 3.44. The Morgan fingerprint density at radius 2 is 1.95 bits per heavy atom. The quantitative estimate of drug-likeness (QED) is 0.897. The Labute approximate surface area is 118 Å². The van der Waals surface area contributed by atoms with Gasteiger partial charge in [-0.1, -0.05) is 45.0 Å². The maximum Gasteiger partial charge on any atom is 0.225 e. The zero-order chi connectivity index (χ0) is 13.9. The molecule has 1 aromatic carbocycles. The number of hydrogen-bond donors (Lipinski definition) is 1. The van der Waals surface area contributed by atoms with Crippen LogP contribution >= 0.6 is 11.3 Å². The van der Waals surface area contributed by atoms with Crippen molar-refractivity contribution in [3.8, 4) is 11.1 Å². The first kappa shape index (κ1) is 13.8. The molecule has 1 N–H and O–H groups in total. The van der Waals surface area contributed by atoms with Gasteiger partial charge in [0.15, 0.2) is 0 Å². The third-order valence-corrected chi connectivity index (χ3v) is 3.65. The molecule has 2 nitrogen and oxygen atoms in total. The van der Waals surface area contributed by atoms with Crippen LogP contribution in [0.2, 0.25) is 0 Å². The van der Waals surface area contributed by atoms with Gasteiger partial charge in [-0.15, -0.1) is 0 Å². The average molecular weight is 273 g/mol. The van der Waals surface area contributed by atoms with Gasteiger partial charge in [0.05, 0.1) is 0 Å². The van der Waals surface area contributed by atoms with E-state index in [0.29, 0.717) is 6.54 Å². The second kappa shape index (κ2) is 5.57. The first-order valence-corrected chi connectivity index (χ1v) is 7.31. The monoisotopic (exact) mass is 273 g/mol. The zero-order valence-corrected chi connectivity index (χ0v) is 12.4. The van der Waals surface area contributed by atoms with Gasteiger partial charge >= 0.3 is 0 Å². The van der Waals surface area contributed by atoms with Gasteiger partial charge in [0, 0.05) is 12.0 Å². The molecule has 0 aliphatic heterocycles. The summed E-state index contributed by atoms with van der Waals surface area (Å²) in [7, 11) is 0. The predicted molar refractivity (Wildman–Crippen MR) is 81.1 cm³/mol. The Morgan fingerprint density at radius 1 is 1.21 bits per heavy atom. The van der Waals surface area contributed by atoms with Crippen LogP contribution in [0.25, 0.3) is 11.1 Å². The maximum atomic E-state index is 11.9. The second-order valence-corrected chi connectivity index (χ2v) is 6.38. The number of carbonyl (C=O) groups is 1. The van der Waals surface area contributed by atoms with Gasteiger partial charge in [-0.25, -0.2) is 0 Å². The summed E-state index contributed by atoms with van der Waals surface area (Å²) >= 11 is 1.68. The Bertz CT molecular complexity index is 552. The molecule has 0 aliphatic carbocycles. The molecule has 0 bridgehead atoms. The maximum absolute atomic E-state index is 11.9. The molecule has 1 heterocycles. The van der Waals surface area contributed by atoms with Gasteiger partial charge < -0.3 is 5.32 Å². The molecule has 3 heteroatoms. The minimum Gasteiger partial charge on any atom is -0.352 e. The fourth-order valence-electron chi connectivity index (χ4n) is 1.81. The lowest BCUT2D eigenvalue weighted by molar-refractivity contribution is -0.128. The highest BCUT2D eigenvalue weighted by atomic mass is 32.1. The molecule has 1 amide bonds. The van der Waals surface area contributed by atoms with Crippen molar-refractivity contribution >= 4 is 17.2 Å². The van der Waals surface area contributed by atoms with Crippen molar-refractivity contribution in [1.82, 2.24) is 5.32 Å². The summed E-state index contributed by atoms with van der Waals surface area (Å²) in [5.41, 5.74) is 3.21. The van der Waals surface area contributed by atoms with Gasteiger partial charge in [0.2, 0.25) is 5.91 Å². The van der Waals surface area contributed by atoms with E-state index in [2.05, 4.69) is 34.3 Å². The zero-order valence-electron chi connectivity index (χ0n) is 11.6. The second-order valence-electron chi connectivity index (χ2n) is 5.60. The van der Waals surface area contributed by atoms with Crippen LogP contribution in [-0.2, 0) is 11.3 Å². The topological polar surface area (TPSA) is 29.1 Å². The highest BCUT2D eigenvalue weighted by Gasteiger charge is 2.20. The third-order valence-electron chi connectivity index (χ3n) is 2.97. The molecule has 0 unspecified atom stereocenters. The Balaban J connectivity index is 2.16. The molecular weight excluding hydrogens is 254 g/mol. The van der Waals surface area contributed by atoms with Gasteiger partial charge in [-0.2, -0.15) is 11.3 Å². The lowest BCUT2D eigenvalue weighted by Crippen LogP contribution is -2.34. The van der Waals surface area contributed by atoms with E-state index in [9.17, 15) is 4.79 Å². The highest BCUT2D eigenvalue weighted by molar-refractivity contribution is 7.08. The predicted octanol–water partition coefficient (Wildman–Crippen LogP) is 4.08. The van der Waals surface area contributed by atoms with E-state index in [1.54, 1.807) is 11.3 Å². The fraction of sp³-hybridized carbons (Fsp3) is 0.312. The molecule has 2 aromatic rings. The number of hydrogen-bond acceptors (Lipinski definition) is 2. The molecule has 0 atom stereocenters. The molecule has 19 heavy (non-hydrogen) atoms. The largest absolute Gasteiger partial charge is 0.352 e. The first-order chi connectivity index (χ1) is 8.98. The summed E-state index contributed by atoms with van der Waals surface area (Å²) < 4.78 is 0. The van der Waals surface area contributed by atoms with Crippen LogP contribution in [0.3, 0.4) is 0 Å². The average Bonchev–Trinajstić information content (AvgIpc) is 2.88. The SMILES string of the molecule is CC(C)(C)C(=O)NCc1ccccc1-c1ccsc1. The van der Waals surface area contributed by atoms with Crippen molar-refractivity contribution in [2.24, 2.45) is 5.41 Å². The van der Waals surface area contributed by atoms with Crippen molar-refractivity contribution in [2.75, 3.05) is 0 Å². The summed E-state index contributed by atoms with van der Waals surface area (Å²) in [4.78, 5) is 11.9. The Morgan fingerprint density at radius 3 is 2.58 bits per heavy atom. The van der Waals surface area contributed by atoms with E-state index in [4.69, 9.17) is 0 Å². The van der Waals surface area contributed by atoms with E-state index in [0.717, 1.165) is 5.56 Å². The van der Waals surface area contributed by atoms with E-state index >= 15 is 0 Å². The molecular formula is C16H19NOS. The number of nitrogens with one attached hydrogen (secondary N) is 1.